The molecule has 1 aromatic heterocycles. The molecule has 2 aliphatic heterocycles. The Morgan fingerprint density at radius 2 is 2.14 bits per heavy atom. The van der Waals surface area contributed by atoms with Crippen LogP contribution in [-0.2, 0) is 5.60 Å². The minimum absolute atomic E-state index is 0.0696. The first kappa shape index (κ1) is 13.2. The van der Waals surface area contributed by atoms with Gasteiger partial charge in [0.25, 0.3) is 0 Å². The van der Waals surface area contributed by atoms with E-state index in [1.807, 2.05) is 43.5 Å². The van der Waals surface area contributed by atoms with Gasteiger partial charge in [-0.25, -0.2) is 4.79 Å². The van der Waals surface area contributed by atoms with E-state index in [-0.39, 0.29) is 6.04 Å². The smallest absolute Gasteiger partial charge is 0.407 e. The van der Waals surface area contributed by atoms with Crippen molar-refractivity contribution >= 4 is 6.09 Å². The zero-order valence-corrected chi connectivity index (χ0v) is 12.4. The van der Waals surface area contributed by atoms with Crippen molar-refractivity contribution in [3.05, 3.63) is 48.3 Å². The number of likely N-dealkylation sites (tertiary alicyclic amines) is 1. The molecule has 5 heteroatoms. The predicted octanol–water partition coefficient (Wildman–Crippen LogP) is 3.23. The summed E-state index contributed by atoms with van der Waals surface area (Å²) in [6, 6.07) is 12.0. The first-order valence-electron chi connectivity index (χ1n) is 7.56. The zero-order valence-electron chi connectivity index (χ0n) is 12.4. The largest absolute Gasteiger partial charge is 0.479 e. The summed E-state index contributed by atoms with van der Waals surface area (Å²) in [5, 5.41) is 9.29. The van der Waals surface area contributed by atoms with Crippen LogP contribution in [0.3, 0.4) is 0 Å². The zero-order chi connectivity index (χ0) is 15.3. The van der Waals surface area contributed by atoms with Crippen LogP contribution in [-0.4, -0.2) is 33.3 Å². The highest BCUT2D eigenvalue weighted by molar-refractivity contribution is 5.65. The first-order chi connectivity index (χ1) is 10.6. The van der Waals surface area contributed by atoms with E-state index in [1.54, 1.807) is 0 Å². The van der Waals surface area contributed by atoms with Gasteiger partial charge in [-0.1, -0.05) is 12.1 Å². The number of hydrogen-bond acceptors (Lipinski definition) is 2. The quantitative estimate of drug-likeness (QED) is 0.812. The summed E-state index contributed by atoms with van der Waals surface area (Å²) in [5.74, 6) is 0.863. The molecule has 2 unspecified atom stereocenters. The Bertz CT molecular complexity index is 739. The average Bonchev–Trinajstić information content (AvgIpc) is 2.98. The highest BCUT2D eigenvalue weighted by Crippen LogP contribution is 2.46. The van der Waals surface area contributed by atoms with Crippen LogP contribution in [0.25, 0.3) is 5.69 Å². The third kappa shape index (κ3) is 1.75. The molecule has 1 N–H and O–H groups in total. The summed E-state index contributed by atoms with van der Waals surface area (Å²) in [4.78, 5) is 12.8. The highest BCUT2D eigenvalue weighted by Gasteiger charge is 2.47. The molecule has 1 aromatic carbocycles. The number of benzene rings is 1. The maximum Gasteiger partial charge on any atom is 0.407 e. The van der Waals surface area contributed by atoms with Gasteiger partial charge < -0.3 is 19.3 Å². The summed E-state index contributed by atoms with van der Waals surface area (Å²) < 4.78 is 8.57. The van der Waals surface area contributed by atoms with Crippen LogP contribution in [0.15, 0.2) is 42.6 Å². The Labute approximate surface area is 128 Å². The third-order valence-electron chi connectivity index (χ3n) is 4.81. The van der Waals surface area contributed by atoms with Gasteiger partial charge in [0.2, 0.25) is 0 Å². The minimum atomic E-state index is -0.853. The van der Waals surface area contributed by atoms with Crippen LogP contribution in [0.5, 0.6) is 5.75 Å². The fraction of sp³-hybridized carbons (Fsp3) is 0.353. The second kappa shape index (κ2) is 4.53. The van der Waals surface area contributed by atoms with Crippen molar-refractivity contribution in [2.75, 3.05) is 6.54 Å². The number of nitrogens with zero attached hydrogens (tertiary/aromatic N) is 2. The lowest BCUT2D eigenvalue weighted by Crippen LogP contribution is -2.53. The minimum Gasteiger partial charge on any atom is -0.479 e. The van der Waals surface area contributed by atoms with Crippen molar-refractivity contribution in [2.45, 2.75) is 31.4 Å². The summed E-state index contributed by atoms with van der Waals surface area (Å²) >= 11 is 0. The molecule has 1 spiro atoms. The standard InChI is InChI=1S/C17H18N2O3/c1-12-11-17(8-10-18(12)16(20)21)15-7-4-9-19(15)13-5-2-3-6-14(13)22-17/h2-7,9,12H,8,10-11H2,1H3,(H,20,21). The van der Waals surface area contributed by atoms with Gasteiger partial charge in [-0.05, 0) is 31.2 Å². The molecule has 2 aliphatic rings. The van der Waals surface area contributed by atoms with Gasteiger partial charge >= 0.3 is 6.09 Å². The van der Waals surface area contributed by atoms with Gasteiger partial charge in [-0.3, -0.25) is 0 Å². The Hall–Kier alpha value is -2.43. The van der Waals surface area contributed by atoms with Crippen molar-refractivity contribution in [3.63, 3.8) is 0 Å². The Kier molecular flexibility index (Phi) is 2.73. The van der Waals surface area contributed by atoms with Gasteiger partial charge in [-0.2, -0.15) is 0 Å². The van der Waals surface area contributed by atoms with E-state index in [0.29, 0.717) is 19.4 Å². The molecule has 1 amide bonds. The van der Waals surface area contributed by atoms with Crippen LogP contribution < -0.4 is 4.74 Å². The lowest BCUT2D eigenvalue weighted by molar-refractivity contribution is -0.0296. The highest BCUT2D eigenvalue weighted by atomic mass is 16.5. The number of rotatable bonds is 0. The van der Waals surface area contributed by atoms with E-state index in [1.165, 1.54) is 4.90 Å². The lowest BCUT2D eigenvalue weighted by atomic mass is 9.83. The Balaban J connectivity index is 1.78. The molecule has 0 saturated carbocycles. The van der Waals surface area contributed by atoms with E-state index in [2.05, 4.69) is 10.6 Å². The molecule has 4 rings (SSSR count). The van der Waals surface area contributed by atoms with E-state index < -0.39 is 11.7 Å². The normalized spacial score (nSPS) is 26.2. The molecule has 0 radical (unpaired) electrons. The molecular formula is C17H18N2O3. The molecule has 22 heavy (non-hydrogen) atoms. The molecule has 114 valence electrons. The second-order valence-electron chi connectivity index (χ2n) is 6.11. The van der Waals surface area contributed by atoms with E-state index in [0.717, 1.165) is 17.1 Å². The first-order valence-corrected chi connectivity index (χ1v) is 7.56. The maximum atomic E-state index is 11.3. The lowest BCUT2D eigenvalue weighted by Gasteiger charge is -2.47. The number of hydrogen-bond donors (Lipinski definition) is 1. The average molecular weight is 298 g/mol. The molecule has 0 bridgehead atoms. The molecule has 1 saturated heterocycles. The van der Waals surface area contributed by atoms with E-state index in [4.69, 9.17) is 4.74 Å². The molecule has 2 aromatic rings. The maximum absolute atomic E-state index is 11.3. The summed E-state index contributed by atoms with van der Waals surface area (Å²) in [5.41, 5.74) is 1.72. The van der Waals surface area contributed by atoms with Crippen molar-refractivity contribution in [1.29, 1.82) is 0 Å². The predicted molar refractivity (Wildman–Crippen MR) is 81.5 cm³/mol. The van der Waals surface area contributed by atoms with Crippen LogP contribution >= 0.6 is 0 Å². The number of carboxylic acid groups (broad SMARTS) is 1. The molecule has 5 nitrogen and oxygen atoms in total. The number of ether oxygens (including phenoxy) is 1. The van der Waals surface area contributed by atoms with Gasteiger partial charge in [0.05, 0.1) is 11.4 Å². The fourth-order valence-corrected chi connectivity index (χ4v) is 3.79. The number of piperidine rings is 1. The van der Waals surface area contributed by atoms with Gasteiger partial charge in [0, 0.05) is 31.6 Å². The number of fused-ring (bicyclic) bond motifs is 4. The topological polar surface area (TPSA) is 54.7 Å². The van der Waals surface area contributed by atoms with Crippen molar-refractivity contribution in [2.24, 2.45) is 0 Å². The number of amides is 1. The van der Waals surface area contributed by atoms with Gasteiger partial charge in [0.1, 0.15) is 5.75 Å². The molecule has 3 heterocycles. The fourth-order valence-electron chi connectivity index (χ4n) is 3.79. The van der Waals surface area contributed by atoms with Crippen LogP contribution in [0.1, 0.15) is 25.5 Å². The van der Waals surface area contributed by atoms with Gasteiger partial charge in [-0.15, -0.1) is 0 Å². The molecule has 2 atom stereocenters. The van der Waals surface area contributed by atoms with Crippen molar-refractivity contribution < 1.29 is 14.6 Å². The van der Waals surface area contributed by atoms with Crippen LogP contribution in [0, 0.1) is 0 Å². The molecular weight excluding hydrogens is 280 g/mol. The summed E-state index contributed by atoms with van der Waals surface area (Å²) in [6.45, 7) is 2.44. The van der Waals surface area contributed by atoms with E-state index >= 15 is 0 Å². The van der Waals surface area contributed by atoms with Crippen LogP contribution in [0.2, 0.25) is 0 Å². The third-order valence-corrected chi connectivity index (χ3v) is 4.81. The summed E-state index contributed by atoms with van der Waals surface area (Å²) in [6.07, 6.45) is 2.53. The molecule has 1 fully saturated rings. The monoisotopic (exact) mass is 298 g/mol. The molecule has 0 aliphatic carbocycles. The van der Waals surface area contributed by atoms with Crippen molar-refractivity contribution in [1.82, 2.24) is 9.47 Å². The van der Waals surface area contributed by atoms with Crippen LogP contribution in [0.4, 0.5) is 4.79 Å². The van der Waals surface area contributed by atoms with Gasteiger partial charge in [0.15, 0.2) is 5.60 Å². The Morgan fingerprint density at radius 1 is 1.32 bits per heavy atom. The SMILES string of the molecule is CC1CC2(CCN1C(=O)O)Oc1ccccc1-n1cccc12. The Morgan fingerprint density at radius 3 is 2.91 bits per heavy atom. The second-order valence-corrected chi connectivity index (χ2v) is 6.11. The van der Waals surface area contributed by atoms with E-state index in [9.17, 15) is 9.90 Å². The number of carbonyl (C=O) groups is 1. The van der Waals surface area contributed by atoms with Crippen molar-refractivity contribution in [3.8, 4) is 11.4 Å². The summed E-state index contributed by atoms with van der Waals surface area (Å²) in [7, 11) is 0. The number of aromatic nitrogens is 1. The number of para-hydroxylation sites is 2.